The van der Waals surface area contributed by atoms with Gasteiger partial charge in [-0.1, -0.05) is 63.6 Å². The zero-order valence-corrected chi connectivity index (χ0v) is 12.6. The Balaban J connectivity index is 2.40. The number of aromatic nitrogens is 2. The first-order valence-corrected chi connectivity index (χ1v) is 6.92. The highest BCUT2D eigenvalue weighted by atomic mass is 35.5. The Labute approximate surface area is 119 Å². The summed E-state index contributed by atoms with van der Waals surface area (Å²) in [5, 5.41) is 0.502. The average molecular weight is 275 g/mol. The van der Waals surface area contributed by atoms with Crippen LogP contribution in [0.15, 0.2) is 30.3 Å². The van der Waals surface area contributed by atoms with E-state index in [4.69, 9.17) is 11.6 Å². The number of hydrogen-bond donors (Lipinski definition) is 0. The SMILES string of the molecule is CCc1cc(Cl)nc(-c2ccc(C(C)(C)C)cc2)n1. The van der Waals surface area contributed by atoms with Gasteiger partial charge in [-0.15, -0.1) is 0 Å². The Morgan fingerprint density at radius 2 is 1.68 bits per heavy atom. The summed E-state index contributed by atoms with van der Waals surface area (Å²) in [4.78, 5) is 8.82. The Morgan fingerprint density at radius 1 is 1.05 bits per heavy atom. The summed E-state index contributed by atoms with van der Waals surface area (Å²) in [5.41, 5.74) is 3.43. The second-order valence-electron chi connectivity index (χ2n) is 5.69. The van der Waals surface area contributed by atoms with E-state index in [1.54, 1.807) is 0 Å². The Morgan fingerprint density at radius 3 is 2.21 bits per heavy atom. The van der Waals surface area contributed by atoms with Gasteiger partial charge < -0.3 is 0 Å². The normalized spacial score (nSPS) is 11.6. The molecule has 0 amide bonds. The Kier molecular flexibility index (Phi) is 3.91. The van der Waals surface area contributed by atoms with Crippen molar-refractivity contribution in [3.05, 3.63) is 46.7 Å². The van der Waals surface area contributed by atoms with Crippen LogP contribution in [0.25, 0.3) is 11.4 Å². The molecule has 1 heterocycles. The van der Waals surface area contributed by atoms with Crippen LogP contribution in [0.4, 0.5) is 0 Å². The molecule has 0 saturated carbocycles. The maximum atomic E-state index is 6.03. The lowest BCUT2D eigenvalue weighted by Crippen LogP contribution is -2.10. The first-order chi connectivity index (χ1) is 8.90. The van der Waals surface area contributed by atoms with Crippen LogP contribution in [0.5, 0.6) is 0 Å². The predicted octanol–water partition coefficient (Wildman–Crippen LogP) is 4.66. The average Bonchev–Trinajstić information content (AvgIpc) is 2.37. The van der Waals surface area contributed by atoms with Crippen LogP contribution in [-0.2, 0) is 11.8 Å². The fourth-order valence-corrected chi connectivity index (χ4v) is 2.10. The molecule has 0 aliphatic rings. The lowest BCUT2D eigenvalue weighted by Gasteiger charge is -2.19. The molecule has 3 heteroatoms. The van der Waals surface area contributed by atoms with E-state index in [2.05, 4.69) is 61.9 Å². The number of benzene rings is 1. The lowest BCUT2D eigenvalue weighted by molar-refractivity contribution is 0.590. The fraction of sp³-hybridized carbons (Fsp3) is 0.375. The van der Waals surface area contributed by atoms with Gasteiger partial charge in [0.05, 0.1) is 0 Å². The molecule has 0 spiro atoms. The topological polar surface area (TPSA) is 25.8 Å². The van der Waals surface area contributed by atoms with Crippen molar-refractivity contribution in [2.75, 3.05) is 0 Å². The minimum absolute atomic E-state index is 0.155. The van der Waals surface area contributed by atoms with Crippen molar-refractivity contribution in [1.82, 2.24) is 9.97 Å². The summed E-state index contributed by atoms with van der Waals surface area (Å²) < 4.78 is 0. The van der Waals surface area contributed by atoms with Gasteiger partial charge in [-0.25, -0.2) is 9.97 Å². The maximum Gasteiger partial charge on any atom is 0.161 e. The van der Waals surface area contributed by atoms with E-state index in [1.807, 2.05) is 6.07 Å². The van der Waals surface area contributed by atoms with Crippen molar-refractivity contribution in [3.63, 3.8) is 0 Å². The van der Waals surface area contributed by atoms with Gasteiger partial charge in [0, 0.05) is 11.3 Å². The third-order valence-electron chi connectivity index (χ3n) is 3.12. The molecule has 0 N–H and O–H groups in total. The Bertz CT molecular complexity index is 568. The molecule has 0 bridgehead atoms. The molecule has 0 fully saturated rings. The first-order valence-electron chi connectivity index (χ1n) is 6.54. The molecular weight excluding hydrogens is 256 g/mol. The highest BCUT2D eigenvalue weighted by molar-refractivity contribution is 6.29. The second-order valence-corrected chi connectivity index (χ2v) is 6.07. The number of halogens is 1. The number of hydrogen-bond acceptors (Lipinski definition) is 2. The third-order valence-corrected chi connectivity index (χ3v) is 3.31. The number of rotatable bonds is 2. The first kappa shape index (κ1) is 14.0. The van der Waals surface area contributed by atoms with Crippen LogP contribution < -0.4 is 0 Å². The van der Waals surface area contributed by atoms with Gasteiger partial charge in [-0.05, 0) is 23.5 Å². The van der Waals surface area contributed by atoms with Crippen LogP contribution in [0.2, 0.25) is 5.15 Å². The monoisotopic (exact) mass is 274 g/mol. The second kappa shape index (κ2) is 5.30. The number of nitrogens with zero attached hydrogens (tertiary/aromatic N) is 2. The summed E-state index contributed by atoms with van der Waals surface area (Å²) in [7, 11) is 0. The molecule has 19 heavy (non-hydrogen) atoms. The van der Waals surface area contributed by atoms with Crippen molar-refractivity contribution >= 4 is 11.6 Å². The van der Waals surface area contributed by atoms with Crippen molar-refractivity contribution in [1.29, 1.82) is 0 Å². The predicted molar refractivity (Wildman–Crippen MR) is 80.6 cm³/mol. The number of aryl methyl sites for hydroxylation is 1. The van der Waals surface area contributed by atoms with Crippen LogP contribution in [-0.4, -0.2) is 9.97 Å². The van der Waals surface area contributed by atoms with Crippen molar-refractivity contribution in [2.24, 2.45) is 0 Å². The molecule has 1 aromatic carbocycles. The molecule has 0 radical (unpaired) electrons. The molecule has 0 aliphatic heterocycles. The standard InChI is InChI=1S/C16H19ClN2/c1-5-13-10-14(17)19-15(18-13)11-6-8-12(9-7-11)16(2,3)4/h6-10H,5H2,1-4H3. The van der Waals surface area contributed by atoms with Gasteiger partial charge in [-0.2, -0.15) is 0 Å². The molecule has 2 rings (SSSR count). The quantitative estimate of drug-likeness (QED) is 0.745. The molecule has 2 nitrogen and oxygen atoms in total. The molecule has 0 unspecified atom stereocenters. The zero-order valence-electron chi connectivity index (χ0n) is 11.9. The van der Waals surface area contributed by atoms with E-state index in [0.29, 0.717) is 11.0 Å². The highest BCUT2D eigenvalue weighted by Gasteiger charge is 2.13. The zero-order chi connectivity index (χ0) is 14.0. The van der Waals surface area contributed by atoms with Gasteiger partial charge in [0.25, 0.3) is 0 Å². The van der Waals surface area contributed by atoms with Crippen LogP contribution >= 0.6 is 11.6 Å². The maximum absolute atomic E-state index is 6.03. The van der Waals surface area contributed by atoms with Crippen molar-refractivity contribution < 1.29 is 0 Å². The highest BCUT2D eigenvalue weighted by Crippen LogP contribution is 2.25. The van der Waals surface area contributed by atoms with E-state index in [0.717, 1.165) is 17.7 Å². The molecule has 0 aliphatic carbocycles. The molecule has 0 saturated heterocycles. The molecule has 0 atom stereocenters. The minimum atomic E-state index is 0.155. The van der Waals surface area contributed by atoms with Gasteiger partial charge in [-0.3, -0.25) is 0 Å². The largest absolute Gasteiger partial charge is 0.233 e. The van der Waals surface area contributed by atoms with Gasteiger partial charge in [0.15, 0.2) is 5.82 Å². The summed E-state index contributed by atoms with van der Waals surface area (Å²) in [6.45, 7) is 8.67. The summed E-state index contributed by atoms with van der Waals surface area (Å²) >= 11 is 6.03. The molecular formula is C16H19ClN2. The summed E-state index contributed by atoms with van der Waals surface area (Å²) in [5.74, 6) is 0.699. The van der Waals surface area contributed by atoms with Crippen LogP contribution in [0.3, 0.4) is 0 Å². The fourth-order valence-electron chi connectivity index (χ4n) is 1.89. The summed E-state index contributed by atoms with van der Waals surface area (Å²) in [6, 6.07) is 10.2. The lowest BCUT2D eigenvalue weighted by atomic mass is 9.87. The van der Waals surface area contributed by atoms with Crippen molar-refractivity contribution in [3.8, 4) is 11.4 Å². The molecule has 1 aromatic heterocycles. The van der Waals surface area contributed by atoms with Gasteiger partial charge in [0.2, 0.25) is 0 Å². The summed E-state index contributed by atoms with van der Waals surface area (Å²) in [6.07, 6.45) is 0.856. The molecule has 100 valence electrons. The molecule has 2 aromatic rings. The van der Waals surface area contributed by atoms with E-state index in [-0.39, 0.29) is 5.41 Å². The Hall–Kier alpha value is -1.41. The van der Waals surface area contributed by atoms with E-state index >= 15 is 0 Å². The van der Waals surface area contributed by atoms with Crippen LogP contribution in [0.1, 0.15) is 39.0 Å². The van der Waals surface area contributed by atoms with E-state index in [1.165, 1.54) is 5.56 Å². The van der Waals surface area contributed by atoms with E-state index < -0.39 is 0 Å². The smallest absolute Gasteiger partial charge is 0.161 e. The van der Waals surface area contributed by atoms with Gasteiger partial charge >= 0.3 is 0 Å². The minimum Gasteiger partial charge on any atom is -0.233 e. The van der Waals surface area contributed by atoms with Gasteiger partial charge in [0.1, 0.15) is 5.15 Å². The third kappa shape index (κ3) is 3.32. The van der Waals surface area contributed by atoms with Crippen LogP contribution in [0, 0.1) is 0 Å². The van der Waals surface area contributed by atoms with E-state index in [9.17, 15) is 0 Å². The van der Waals surface area contributed by atoms with Crippen molar-refractivity contribution in [2.45, 2.75) is 39.5 Å².